The third-order valence-electron chi connectivity index (χ3n) is 3.18. The van der Waals surface area contributed by atoms with Crippen molar-refractivity contribution in [3.8, 4) is 0 Å². The van der Waals surface area contributed by atoms with E-state index in [1.165, 1.54) is 0 Å². The lowest BCUT2D eigenvalue weighted by molar-refractivity contribution is -0.136. The number of nitrogens with one attached hydrogen (secondary N) is 2. The maximum absolute atomic E-state index is 11.8. The molecule has 0 radical (unpaired) electrons. The zero-order valence-corrected chi connectivity index (χ0v) is 13.1. The van der Waals surface area contributed by atoms with E-state index in [4.69, 9.17) is 16.7 Å². The molecule has 2 amide bonds. The Labute approximate surface area is 139 Å². The molecule has 2 aromatic rings. The molecular formula is C17H17ClN2O3. The van der Waals surface area contributed by atoms with Crippen molar-refractivity contribution in [3.63, 3.8) is 0 Å². The van der Waals surface area contributed by atoms with Gasteiger partial charge in [-0.3, -0.25) is 4.79 Å². The van der Waals surface area contributed by atoms with Gasteiger partial charge in [-0.25, -0.2) is 4.79 Å². The summed E-state index contributed by atoms with van der Waals surface area (Å²) in [6.07, 6.45) is 0.676. The number of benzene rings is 2. The Hall–Kier alpha value is -2.53. The molecule has 0 unspecified atom stereocenters. The molecule has 120 valence electrons. The Morgan fingerprint density at radius 3 is 2.17 bits per heavy atom. The van der Waals surface area contributed by atoms with Gasteiger partial charge in [0, 0.05) is 17.3 Å². The van der Waals surface area contributed by atoms with Gasteiger partial charge >= 0.3 is 12.0 Å². The number of halogens is 1. The monoisotopic (exact) mass is 332 g/mol. The summed E-state index contributed by atoms with van der Waals surface area (Å²) in [5.74, 6) is -0.884. The molecule has 0 aliphatic rings. The number of carboxylic acids is 1. The standard InChI is InChI=1S/C17H17ClN2O3/c18-14-5-1-12(2-6-14)9-10-19-17(23)20-15-7-3-13(4-8-15)11-16(21)22/h1-8H,9-11H2,(H,21,22)(H2,19,20,23). The largest absolute Gasteiger partial charge is 0.481 e. The Bertz CT molecular complexity index is 669. The maximum Gasteiger partial charge on any atom is 0.319 e. The van der Waals surface area contributed by atoms with Crippen LogP contribution in [0.25, 0.3) is 0 Å². The van der Waals surface area contributed by atoms with Crippen molar-refractivity contribution in [2.24, 2.45) is 0 Å². The van der Waals surface area contributed by atoms with Crippen LogP contribution in [-0.4, -0.2) is 23.7 Å². The molecule has 23 heavy (non-hydrogen) atoms. The summed E-state index contributed by atoms with van der Waals surface area (Å²) in [5, 5.41) is 14.8. The second-order valence-corrected chi connectivity index (χ2v) is 5.46. The van der Waals surface area contributed by atoms with Gasteiger partial charge in [0.25, 0.3) is 0 Å². The molecule has 0 bridgehead atoms. The van der Waals surface area contributed by atoms with E-state index in [-0.39, 0.29) is 12.5 Å². The van der Waals surface area contributed by atoms with Crippen LogP contribution in [0.15, 0.2) is 48.5 Å². The molecule has 0 aliphatic carbocycles. The molecule has 0 atom stereocenters. The fourth-order valence-corrected chi connectivity index (χ4v) is 2.15. The Balaban J connectivity index is 1.76. The van der Waals surface area contributed by atoms with E-state index in [0.29, 0.717) is 29.2 Å². The number of carboxylic acid groups (broad SMARTS) is 1. The highest BCUT2D eigenvalue weighted by Gasteiger charge is 2.03. The van der Waals surface area contributed by atoms with Crippen LogP contribution in [-0.2, 0) is 17.6 Å². The van der Waals surface area contributed by atoms with Crippen LogP contribution in [0, 0.1) is 0 Å². The molecule has 0 saturated carbocycles. The van der Waals surface area contributed by atoms with Crippen LogP contribution in [0.4, 0.5) is 10.5 Å². The molecule has 0 heterocycles. The Morgan fingerprint density at radius 2 is 1.57 bits per heavy atom. The summed E-state index contributed by atoms with van der Waals surface area (Å²) in [6, 6.07) is 13.9. The summed E-state index contributed by atoms with van der Waals surface area (Å²) in [7, 11) is 0. The van der Waals surface area contributed by atoms with Gasteiger partial charge in [0.15, 0.2) is 0 Å². The predicted molar refractivity (Wildman–Crippen MR) is 90.0 cm³/mol. The quantitative estimate of drug-likeness (QED) is 0.759. The molecule has 0 saturated heterocycles. The highest BCUT2D eigenvalue weighted by Crippen LogP contribution is 2.11. The third kappa shape index (κ3) is 6.00. The number of carbonyl (C=O) groups is 2. The van der Waals surface area contributed by atoms with Crippen molar-refractivity contribution in [1.82, 2.24) is 5.32 Å². The number of urea groups is 1. The lowest BCUT2D eigenvalue weighted by Gasteiger charge is -2.08. The number of aliphatic carboxylic acids is 1. The van der Waals surface area contributed by atoms with Crippen LogP contribution in [0.3, 0.4) is 0 Å². The first-order chi connectivity index (χ1) is 11.0. The van der Waals surface area contributed by atoms with Gasteiger partial charge in [0.05, 0.1) is 6.42 Å². The topological polar surface area (TPSA) is 78.4 Å². The molecule has 2 aromatic carbocycles. The second kappa shape index (κ2) is 8.19. The first-order valence-electron chi connectivity index (χ1n) is 7.13. The van der Waals surface area contributed by atoms with E-state index < -0.39 is 5.97 Å². The summed E-state index contributed by atoms with van der Waals surface area (Å²) in [6.45, 7) is 0.505. The number of carbonyl (C=O) groups excluding carboxylic acids is 1. The molecule has 6 heteroatoms. The van der Waals surface area contributed by atoms with Gasteiger partial charge in [-0.1, -0.05) is 35.9 Å². The van der Waals surface area contributed by atoms with E-state index in [1.54, 1.807) is 24.3 Å². The summed E-state index contributed by atoms with van der Waals surface area (Å²) in [4.78, 5) is 22.4. The number of rotatable bonds is 6. The van der Waals surface area contributed by atoms with Crippen molar-refractivity contribution in [2.45, 2.75) is 12.8 Å². The lowest BCUT2D eigenvalue weighted by Crippen LogP contribution is -2.30. The lowest BCUT2D eigenvalue weighted by atomic mass is 10.1. The van der Waals surface area contributed by atoms with Gasteiger partial charge in [-0.15, -0.1) is 0 Å². The third-order valence-corrected chi connectivity index (χ3v) is 3.43. The molecule has 2 rings (SSSR count). The van der Waals surface area contributed by atoms with E-state index >= 15 is 0 Å². The molecule has 0 aliphatic heterocycles. The van der Waals surface area contributed by atoms with Crippen molar-refractivity contribution >= 4 is 29.3 Å². The number of hydrogen-bond donors (Lipinski definition) is 3. The van der Waals surface area contributed by atoms with Crippen molar-refractivity contribution < 1.29 is 14.7 Å². The number of hydrogen-bond acceptors (Lipinski definition) is 2. The minimum absolute atomic E-state index is 0.0342. The normalized spacial score (nSPS) is 10.1. The molecule has 5 nitrogen and oxygen atoms in total. The smallest absolute Gasteiger partial charge is 0.319 e. The summed E-state index contributed by atoms with van der Waals surface area (Å²) < 4.78 is 0. The van der Waals surface area contributed by atoms with Crippen molar-refractivity contribution in [2.75, 3.05) is 11.9 Å². The SMILES string of the molecule is O=C(O)Cc1ccc(NC(=O)NCCc2ccc(Cl)cc2)cc1. The molecule has 3 N–H and O–H groups in total. The van der Waals surface area contributed by atoms with Crippen LogP contribution < -0.4 is 10.6 Å². The van der Waals surface area contributed by atoms with Crippen LogP contribution in [0.1, 0.15) is 11.1 Å². The van der Waals surface area contributed by atoms with E-state index in [1.807, 2.05) is 24.3 Å². The fourth-order valence-electron chi connectivity index (χ4n) is 2.03. The summed E-state index contributed by atoms with van der Waals surface area (Å²) >= 11 is 5.81. The van der Waals surface area contributed by atoms with Gasteiger partial charge in [0.2, 0.25) is 0 Å². The Kier molecular flexibility index (Phi) is 6.00. The fraction of sp³-hybridized carbons (Fsp3) is 0.176. The van der Waals surface area contributed by atoms with E-state index in [0.717, 1.165) is 5.56 Å². The molecule has 0 spiro atoms. The average Bonchev–Trinajstić information content (AvgIpc) is 2.51. The van der Waals surface area contributed by atoms with Gasteiger partial charge < -0.3 is 15.7 Å². The predicted octanol–water partition coefficient (Wildman–Crippen LogP) is 3.33. The van der Waals surface area contributed by atoms with Gasteiger partial charge in [-0.2, -0.15) is 0 Å². The highest BCUT2D eigenvalue weighted by molar-refractivity contribution is 6.30. The minimum Gasteiger partial charge on any atom is -0.481 e. The van der Waals surface area contributed by atoms with Crippen LogP contribution in [0.2, 0.25) is 5.02 Å². The molecule has 0 aromatic heterocycles. The minimum atomic E-state index is -0.884. The average molecular weight is 333 g/mol. The first kappa shape index (κ1) is 16.8. The first-order valence-corrected chi connectivity index (χ1v) is 7.51. The number of amides is 2. The van der Waals surface area contributed by atoms with E-state index in [2.05, 4.69) is 10.6 Å². The van der Waals surface area contributed by atoms with Gasteiger partial charge in [-0.05, 0) is 41.8 Å². The van der Waals surface area contributed by atoms with Crippen molar-refractivity contribution in [1.29, 1.82) is 0 Å². The maximum atomic E-state index is 11.8. The Morgan fingerprint density at radius 1 is 0.957 bits per heavy atom. The van der Waals surface area contributed by atoms with Crippen LogP contribution >= 0.6 is 11.6 Å². The highest BCUT2D eigenvalue weighted by atomic mass is 35.5. The number of anilines is 1. The van der Waals surface area contributed by atoms with Crippen LogP contribution in [0.5, 0.6) is 0 Å². The second-order valence-electron chi connectivity index (χ2n) is 5.02. The zero-order chi connectivity index (χ0) is 16.7. The molecular weight excluding hydrogens is 316 g/mol. The summed E-state index contributed by atoms with van der Waals surface area (Å²) in [5.41, 5.74) is 2.39. The zero-order valence-electron chi connectivity index (χ0n) is 12.4. The van der Waals surface area contributed by atoms with Gasteiger partial charge in [0.1, 0.15) is 0 Å². The van der Waals surface area contributed by atoms with Crippen molar-refractivity contribution in [3.05, 3.63) is 64.7 Å². The van der Waals surface area contributed by atoms with E-state index in [9.17, 15) is 9.59 Å². The molecule has 0 fully saturated rings.